The van der Waals surface area contributed by atoms with E-state index in [0.29, 0.717) is 17.7 Å². The normalized spacial score (nSPS) is 13.9. The van der Waals surface area contributed by atoms with Gasteiger partial charge in [-0.1, -0.05) is 18.2 Å². The molecule has 2 aromatic rings. The number of carbonyl (C=O) groups excluding carboxylic acids is 2. The zero-order valence-corrected chi connectivity index (χ0v) is 14.6. The largest absolute Gasteiger partial charge is 0.482 e. The number of hydrogen-bond donors (Lipinski definition) is 1. The molecule has 0 aromatic heterocycles. The monoisotopic (exact) mass is 365 g/mol. The van der Waals surface area contributed by atoms with Gasteiger partial charge in [-0.3, -0.25) is 9.59 Å². The quantitative estimate of drug-likeness (QED) is 0.602. The number of ether oxygens (including phenoxy) is 1. The molecule has 1 saturated heterocycles. The summed E-state index contributed by atoms with van der Waals surface area (Å²) in [5, 5.41) is 8.58. The molecule has 2 aromatic carbocycles. The molecule has 1 heterocycles. The van der Waals surface area contributed by atoms with E-state index in [-0.39, 0.29) is 11.7 Å². The minimum atomic E-state index is -1.04. The van der Waals surface area contributed by atoms with Gasteiger partial charge in [-0.2, -0.15) is 0 Å². The van der Waals surface area contributed by atoms with Crippen LogP contribution >= 0.6 is 0 Å². The van der Waals surface area contributed by atoms with Crippen LogP contribution in [0.3, 0.4) is 0 Å². The zero-order chi connectivity index (χ0) is 19.2. The van der Waals surface area contributed by atoms with Gasteiger partial charge in [-0.05, 0) is 54.5 Å². The fourth-order valence-corrected chi connectivity index (χ4v) is 2.82. The van der Waals surface area contributed by atoms with Crippen LogP contribution in [0.25, 0.3) is 6.08 Å². The number of carboxylic acids is 1. The predicted molar refractivity (Wildman–Crippen MR) is 101 cm³/mol. The summed E-state index contributed by atoms with van der Waals surface area (Å²) in [4.78, 5) is 36.3. The summed E-state index contributed by atoms with van der Waals surface area (Å²) in [6.45, 7) is 0.324. The highest BCUT2D eigenvalue weighted by atomic mass is 16.5. The predicted octanol–water partition coefficient (Wildman–Crippen LogP) is 3.17. The van der Waals surface area contributed by atoms with Crippen molar-refractivity contribution < 1.29 is 24.2 Å². The van der Waals surface area contributed by atoms with Crippen molar-refractivity contribution in [1.82, 2.24) is 0 Å². The lowest BCUT2D eigenvalue weighted by Crippen LogP contribution is -2.23. The number of carboxylic acid groups (broad SMARTS) is 1. The Morgan fingerprint density at radius 1 is 1.07 bits per heavy atom. The molecule has 27 heavy (non-hydrogen) atoms. The topological polar surface area (TPSA) is 83.9 Å². The summed E-state index contributed by atoms with van der Waals surface area (Å²) in [7, 11) is 0. The minimum Gasteiger partial charge on any atom is -0.482 e. The fraction of sp³-hybridized carbons (Fsp3) is 0.190. The maximum Gasteiger partial charge on any atom is 0.341 e. The van der Waals surface area contributed by atoms with Crippen LogP contribution in [0.4, 0.5) is 5.69 Å². The summed E-state index contributed by atoms with van der Waals surface area (Å²) in [6, 6.07) is 13.8. The lowest BCUT2D eigenvalue weighted by atomic mass is 10.1. The lowest BCUT2D eigenvalue weighted by molar-refractivity contribution is -0.139. The van der Waals surface area contributed by atoms with E-state index in [0.717, 1.165) is 24.2 Å². The molecule has 0 spiro atoms. The molecule has 0 unspecified atom stereocenters. The molecule has 6 nitrogen and oxygen atoms in total. The van der Waals surface area contributed by atoms with Crippen LogP contribution in [-0.4, -0.2) is 35.9 Å². The second-order valence-electron chi connectivity index (χ2n) is 6.14. The number of aliphatic carboxylic acids is 1. The number of nitrogens with zero attached hydrogens (tertiary/aromatic N) is 1. The van der Waals surface area contributed by atoms with E-state index in [4.69, 9.17) is 9.84 Å². The van der Waals surface area contributed by atoms with Crippen molar-refractivity contribution in [3.05, 3.63) is 65.7 Å². The van der Waals surface area contributed by atoms with Gasteiger partial charge in [0.25, 0.3) is 0 Å². The third-order valence-corrected chi connectivity index (χ3v) is 4.21. The smallest absolute Gasteiger partial charge is 0.341 e. The van der Waals surface area contributed by atoms with E-state index >= 15 is 0 Å². The van der Waals surface area contributed by atoms with Gasteiger partial charge in [0, 0.05) is 24.2 Å². The Bertz CT molecular complexity index is 868. The first kappa shape index (κ1) is 18.4. The minimum absolute atomic E-state index is 0.116. The molecular weight excluding hydrogens is 346 g/mol. The van der Waals surface area contributed by atoms with E-state index < -0.39 is 12.6 Å². The number of anilines is 1. The average Bonchev–Trinajstić information content (AvgIpc) is 3.11. The van der Waals surface area contributed by atoms with Gasteiger partial charge >= 0.3 is 5.97 Å². The summed E-state index contributed by atoms with van der Waals surface area (Å²) < 4.78 is 5.06. The second kappa shape index (κ2) is 8.31. The Balaban J connectivity index is 1.61. The van der Waals surface area contributed by atoms with E-state index in [1.165, 1.54) is 6.08 Å². The molecule has 1 aliphatic rings. The van der Waals surface area contributed by atoms with Crippen molar-refractivity contribution in [3.8, 4) is 5.75 Å². The molecule has 6 heteroatoms. The van der Waals surface area contributed by atoms with Crippen LogP contribution in [0.5, 0.6) is 5.75 Å². The number of allylic oxidation sites excluding steroid dienone is 1. The van der Waals surface area contributed by atoms with Gasteiger partial charge in [0.05, 0.1) is 0 Å². The third kappa shape index (κ3) is 4.82. The molecular formula is C21H19NO5. The summed E-state index contributed by atoms with van der Waals surface area (Å²) in [6.07, 6.45) is 4.59. The zero-order valence-electron chi connectivity index (χ0n) is 14.6. The SMILES string of the molecule is O=C(O)COc1ccc(/C=C/C(=O)c2ccc(N3CCCC3=O)cc2)cc1. The van der Waals surface area contributed by atoms with Crippen LogP contribution in [-0.2, 0) is 9.59 Å². The Morgan fingerprint density at radius 3 is 2.37 bits per heavy atom. The van der Waals surface area contributed by atoms with E-state index in [1.807, 2.05) is 0 Å². The molecule has 1 amide bonds. The molecule has 3 rings (SSSR count). The molecule has 1 aliphatic heterocycles. The Kier molecular flexibility index (Phi) is 5.66. The van der Waals surface area contributed by atoms with Gasteiger partial charge in [0.2, 0.25) is 5.91 Å². The molecule has 0 atom stereocenters. The van der Waals surface area contributed by atoms with Crippen molar-refractivity contribution >= 4 is 29.4 Å². The summed E-state index contributed by atoms with van der Waals surface area (Å²) in [5.74, 6) is -0.608. The highest BCUT2D eigenvalue weighted by Gasteiger charge is 2.21. The van der Waals surface area contributed by atoms with Gasteiger partial charge in [0.1, 0.15) is 5.75 Å². The number of hydrogen-bond acceptors (Lipinski definition) is 4. The van der Waals surface area contributed by atoms with Crippen molar-refractivity contribution in [2.24, 2.45) is 0 Å². The van der Waals surface area contributed by atoms with Crippen molar-refractivity contribution in [1.29, 1.82) is 0 Å². The molecule has 1 N–H and O–H groups in total. The van der Waals surface area contributed by atoms with Gasteiger partial charge in [0.15, 0.2) is 12.4 Å². The average molecular weight is 365 g/mol. The second-order valence-corrected chi connectivity index (χ2v) is 6.14. The maximum absolute atomic E-state index is 12.3. The summed E-state index contributed by atoms with van der Waals surface area (Å²) in [5.41, 5.74) is 2.16. The van der Waals surface area contributed by atoms with Crippen molar-refractivity contribution in [2.75, 3.05) is 18.1 Å². The first-order chi connectivity index (χ1) is 13.0. The molecule has 0 radical (unpaired) electrons. The van der Waals surface area contributed by atoms with Crippen LogP contribution in [0.2, 0.25) is 0 Å². The number of amides is 1. The molecule has 0 bridgehead atoms. The maximum atomic E-state index is 12.3. The van der Waals surface area contributed by atoms with Gasteiger partial charge in [-0.15, -0.1) is 0 Å². The lowest BCUT2D eigenvalue weighted by Gasteiger charge is -2.15. The fourth-order valence-electron chi connectivity index (χ4n) is 2.82. The number of benzene rings is 2. The standard InChI is InChI=1S/C21H19NO5/c23-19(12-5-15-3-10-18(11-4-15)27-14-21(25)26)16-6-8-17(9-7-16)22-13-1-2-20(22)24/h3-12H,1-2,13-14H2,(H,25,26)/b12-5+. The van der Waals surface area contributed by atoms with Crippen LogP contribution in [0, 0.1) is 0 Å². The van der Waals surface area contributed by atoms with E-state index in [2.05, 4.69) is 0 Å². The van der Waals surface area contributed by atoms with Gasteiger partial charge in [-0.25, -0.2) is 4.79 Å². The van der Waals surface area contributed by atoms with Crippen LogP contribution in [0.15, 0.2) is 54.6 Å². The Labute approximate surface area is 156 Å². The number of carbonyl (C=O) groups is 3. The number of rotatable bonds is 7. The highest BCUT2D eigenvalue weighted by molar-refractivity contribution is 6.07. The molecule has 138 valence electrons. The Morgan fingerprint density at radius 2 is 1.78 bits per heavy atom. The van der Waals surface area contributed by atoms with Crippen LogP contribution < -0.4 is 9.64 Å². The first-order valence-corrected chi connectivity index (χ1v) is 8.60. The molecule has 1 fully saturated rings. The highest BCUT2D eigenvalue weighted by Crippen LogP contribution is 2.22. The van der Waals surface area contributed by atoms with Crippen LogP contribution in [0.1, 0.15) is 28.8 Å². The third-order valence-electron chi connectivity index (χ3n) is 4.21. The first-order valence-electron chi connectivity index (χ1n) is 8.60. The Hall–Kier alpha value is -3.41. The van der Waals surface area contributed by atoms with E-state index in [1.54, 1.807) is 59.5 Å². The van der Waals surface area contributed by atoms with E-state index in [9.17, 15) is 14.4 Å². The van der Waals surface area contributed by atoms with Gasteiger partial charge < -0.3 is 14.7 Å². The molecule has 0 aliphatic carbocycles. The van der Waals surface area contributed by atoms with Crippen molar-refractivity contribution in [3.63, 3.8) is 0 Å². The van der Waals surface area contributed by atoms with Crippen molar-refractivity contribution in [2.45, 2.75) is 12.8 Å². The molecule has 0 saturated carbocycles. The summed E-state index contributed by atoms with van der Waals surface area (Å²) >= 11 is 0. The number of ketones is 1.